The summed E-state index contributed by atoms with van der Waals surface area (Å²) in [7, 11) is 0. The molecule has 0 aromatic carbocycles. The molecule has 0 saturated carbocycles. The number of likely N-dealkylation sites (tertiary alicyclic amines) is 1. The fraction of sp³-hybridized carbons (Fsp3) is 0.471. The van der Waals surface area contributed by atoms with E-state index in [1.807, 2.05) is 0 Å². The third-order valence-corrected chi connectivity index (χ3v) is 5.86. The van der Waals surface area contributed by atoms with Gasteiger partial charge in [0.1, 0.15) is 0 Å². The van der Waals surface area contributed by atoms with Crippen LogP contribution in [0.25, 0.3) is 0 Å². The molecule has 2 saturated heterocycles. The maximum atomic E-state index is 12.3. The number of hydrogen-bond donors (Lipinski definition) is 1. The minimum atomic E-state index is -0.0957. The van der Waals surface area contributed by atoms with E-state index in [-0.39, 0.29) is 11.3 Å². The van der Waals surface area contributed by atoms with Gasteiger partial charge in [0.25, 0.3) is 5.91 Å². The second-order valence-corrected chi connectivity index (χ2v) is 7.67. The summed E-state index contributed by atoms with van der Waals surface area (Å²) in [6, 6.07) is 5.96. The average Bonchev–Trinajstić information content (AvgIpc) is 3.30. The predicted octanol–water partition coefficient (Wildman–Crippen LogP) is 1.42. The number of ether oxygens (including phenoxy) is 1. The van der Waals surface area contributed by atoms with Gasteiger partial charge in [-0.3, -0.25) is 9.69 Å². The molecule has 2 aromatic rings. The fourth-order valence-corrected chi connectivity index (χ4v) is 4.47. The molecule has 4 rings (SSSR count). The molecule has 24 heavy (non-hydrogen) atoms. The van der Waals surface area contributed by atoms with E-state index in [1.54, 1.807) is 17.4 Å². The Balaban J connectivity index is 1.40. The molecule has 0 radical (unpaired) electrons. The number of carbonyl (C=O) groups is 1. The topological polar surface area (TPSA) is 67.3 Å². The van der Waals surface area contributed by atoms with E-state index in [4.69, 9.17) is 4.74 Å². The zero-order chi connectivity index (χ0) is 16.4. The lowest BCUT2D eigenvalue weighted by atomic mass is 9.81. The lowest BCUT2D eigenvalue weighted by Crippen LogP contribution is -2.43. The number of thiophene rings is 1. The third-order valence-electron chi connectivity index (χ3n) is 5.00. The third kappa shape index (κ3) is 3.07. The summed E-state index contributed by atoms with van der Waals surface area (Å²) in [4.78, 5) is 16.2. The van der Waals surface area contributed by atoms with E-state index in [0.29, 0.717) is 24.6 Å². The lowest BCUT2D eigenvalue weighted by Gasteiger charge is -2.27. The molecule has 1 amide bonds. The minimum absolute atomic E-state index is 0.0212. The van der Waals surface area contributed by atoms with E-state index >= 15 is 0 Å². The van der Waals surface area contributed by atoms with E-state index in [1.165, 1.54) is 17.3 Å². The van der Waals surface area contributed by atoms with Crippen LogP contribution in [0.1, 0.15) is 15.2 Å². The summed E-state index contributed by atoms with van der Waals surface area (Å²) >= 11 is 1.80. The first-order valence-electron chi connectivity index (χ1n) is 8.13. The zero-order valence-electron chi connectivity index (χ0n) is 13.4. The quantitative estimate of drug-likeness (QED) is 0.888. The maximum Gasteiger partial charge on any atom is 0.252 e. The van der Waals surface area contributed by atoms with Crippen molar-refractivity contribution in [1.29, 1.82) is 0 Å². The Morgan fingerprint density at radius 1 is 1.46 bits per heavy atom. The number of nitrogens with zero attached hydrogens (tertiary/aromatic N) is 3. The van der Waals surface area contributed by atoms with E-state index in [2.05, 4.69) is 37.9 Å². The van der Waals surface area contributed by atoms with Gasteiger partial charge in [-0.15, -0.1) is 11.3 Å². The molecule has 0 bridgehead atoms. The second-order valence-electron chi connectivity index (χ2n) is 6.64. The Morgan fingerprint density at radius 2 is 2.42 bits per heavy atom. The molecule has 2 aliphatic heterocycles. The van der Waals surface area contributed by atoms with Gasteiger partial charge in [-0.1, -0.05) is 6.07 Å². The van der Waals surface area contributed by atoms with Gasteiger partial charge in [0.05, 0.1) is 31.2 Å². The standard InChI is InChI=1S/C17H20N4O2S/c22-16(13-3-4-19-20-6-13)18-10-17-11-21(7-14(17)9-23-12-17)8-15-2-1-5-24-15/h1-6,14H,7-12H2,(H,18,22)/t14-,17+/m1/s1. The first-order valence-corrected chi connectivity index (χ1v) is 9.00. The first kappa shape index (κ1) is 15.7. The minimum Gasteiger partial charge on any atom is -0.380 e. The predicted molar refractivity (Wildman–Crippen MR) is 90.7 cm³/mol. The molecule has 0 aliphatic carbocycles. The number of nitrogens with one attached hydrogen (secondary N) is 1. The first-order chi connectivity index (χ1) is 11.8. The van der Waals surface area contributed by atoms with Crippen molar-refractivity contribution in [3.05, 3.63) is 46.4 Å². The van der Waals surface area contributed by atoms with Crippen LogP contribution in [0.5, 0.6) is 0 Å². The molecule has 2 atom stereocenters. The lowest BCUT2D eigenvalue weighted by molar-refractivity contribution is 0.0904. The van der Waals surface area contributed by atoms with Crippen LogP contribution in [-0.4, -0.2) is 53.9 Å². The number of aromatic nitrogens is 2. The fourth-order valence-electron chi connectivity index (χ4n) is 3.72. The number of rotatable bonds is 5. The van der Waals surface area contributed by atoms with Crippen molar-refractivity contribution in [2.75, 3.05) is 32.8 Å². The molecular weight excluding hydrogens is 324 g/mol. The SMILES string of the molecule is O=C(NC[C@]12COC[C@H]1CN(Cc1cccs1)C2)c1ccnnc1. The van der Waals surface area contributed by atoms with Crippen LogP contribution in [0.3, 0.4) is 0 Å². The molecule has 7 heteroatoms. The molecule has 2 aliphatic rings. The highest BCUT2D eigenvalue weighted by Crippen LogP contribution is 2.41. The van der Waals surface area contributed by atoms with Crippen LogP contribution in [0.4, 0.5) is 0 Å². The van der Waals surface area contributed by atoms with Crippen LogP contribution >= 0.6 is 11.3 Å². The van der Waals surface area contributed by atoms with Gasteiger partial charge in [-0.2, -0.15) is 10.2 Å². The van der Waals surface area contributed by atoms with E-state index < -0.39 is 0 Å². The Bertz CT molecular complexity index is 694. The summed E-state index contributed by atoms with van der Waals surface area (Å²) in [5, 5.41) is 12.7. The molecule has 126 valence electrons. The Morgan fingerprint density at radius 3 is 3.21 bits per heavy atom. The Labute approximate surface area is 144 Å². The van der Waals surface area contributed by atoms with E-state index in [9.17, 15) is 4.79 Å². The van der Waals surface area contributed by atoms with Crippen LogP contribution in [0.15, 0.2) is 36.0 Å². The van der Waals surface area contributed by atoms with Crippen LogP contribution in [-0.2, 0) is 11.3 Å². The van der Waals surface area contributed by atoms with Crippen LogP contribution in [0.2, 0.25) is 0 Å². The van der Waals surface area contributed by atoms with Crippen LogP contribution < -0.4 is 5.32 Å². The largest absolute Gasteiger partial charge is 0.380 e. The monoisotopic (exact) mass is 344 g/mol. The number of amides is 1. The van der Waals surface area contributed by atoms with Gasteiger partial charge in [-0.05, 0) is 17.5 Å². The summed E-state index contributed by atoms with van der Waals surface area (Å²) in [6.07, 6.45) is 3.03. The number of fused-ring (bicyclic) bond motifs is 1. The van der Waals surface area contributed by atoms with Gasteiger partial charge in [0.2, 0.25) is 0 Å². The van der Waals surface area contributed by atoms with Gasteiger partial charge in [0.15, 0.2) is 0 Å². The normalized spacial score (nSPS) is 26.4. The van der Waals surface area contributed by atoms with Crippen molar-refractivity contribution < 1.29 is 9.53 Å². The highest BCUT2D eigenvalue weighted by atomic mass is 32.1. The van der Waals surface area contributed by atoms with Crippen molar-refractivity contribution >= 4 is 17.2 Å². The molecular formula is C17H20N4O2S. The molecule has 6 nitrogen and oxygen atoms in total. The summed E-state index contributed by atoms with van der Waals surface area (Å²) < 4.78 is 5.74. The maximum absolute atomic E-state index is 12.3. The number of hydrogen-bond acceptors (Lipinski definition) is 6. The van der Waals surface area contributed by atoms with Gasteiger partial charge >= 0.3 is 0 Å². The molecule has 2 fully saturated rings. The van der Waals surface area contributed by atoms with Crippen molar-refractivity contribution in [1.82, 2.24) is 20.4 Å². The summed E-state index contributed by atoms with van der Waals surface area (Å²) in [6.45, 7) is 5.12. The molecule has 4 heterocycles. The van der Waals surface area contributed by atoms with Crippen molar-refractivity contribution in [2.45, 2.75) is 6.54 Å². The smallest absolute Gasteiger partial charge is 0.252 e. The zero-order valence-corrected chi connectivity index (χ0v) is 14.2. The molecule has 0 unspecified atom stereocenters. The Kier molecular flexibility index (Phi) is 4.30. The van der Waals surface area contributed by atoms with Crippen molar-refractivity contribution in [3.63, 3.8) is 0 Å². The summed E-state index contributed by atoms with van der Waals surface area (Å²) in [5.41, 5.74) is 0.568. The molecule has 2 aromatic heterocycles. The molecule has 0 spiro atoms. The molecule has 1 N–H and O–H groups in total. The Hall–Kier alpha value is -1.83. The van der Waals surface area contributed by atoms with Crippen molar-refractivity contribution in [3.8, 4) is 0 Å². The average molecular weight is 344 g/mol. The second kappa shape index (κ2) is 6.58. The van der Waals surface area contributed by atoms with Gasteiger partial charge in [-0.25, -0.2) is 0 Å². The number of carbonyl (C=O) groups excluding carboxylic acids is 1. The summed E-state index contributed by atoms with van der Waals surface area (Å²) in [5.74, 6) is 0.384. The van der Waals surface area contributed by atoms with E-state index in [0.717, 1.165) is 26.2 Å². The highest BCUT2D eigenvalue weighted by Gasteiger charge is 2.50. The highest BCUT2D eigenvalue weighted by molar-refractivity contribution is 7.09. The van der Waals surface area contributed by atoms with Crippen molar-refractivity contribution in [2.24, 2.45) is 11.3 Å². The van der Waals surface area contributed by atoms with Gasteiger partial charge in [0, 0.05) is 42.4 Å². The van der Waals surface area contributed by atoms with Gasteiger partial charge < -0.3 is 10.1 Å². The van der Waals surface area contributed by atoms with Crippen LogP contribution in [0, 0.1) is 11.3 Å².